The van der Waals surface area contributed by atoms with E-state index in [4.69, 9.17) is 33.3 Å². The molecule has 1 aliphatic heterocycles. The molecule has 0 saturated heterocycles. The molecule has 4 rings (SSSR count). The molecule has 2 N–H and O–H groups in total. The molecule has 1 atom stereocenters. The molecule has 3 aromatic rings. The van der Waals surface area contributed by atoms with Crippen molar-refractivity contribution in [2.24, 2.45) is 5.10 Å². The molecule has 0 radical (unpaired) electrons. The number of hydrogen-bond donors (Lipinski definition) is 2. The van der Waals surface area contributed by atoms with E-state index in [2.05, 4.69) is 15.7 Å². The standard InChI is InChI=1S/C26H25ClN4O3S/c1-16(32)31-23(15-22(30-31)18-6-13-24(33-2)25(14-18)34-3)17-4-9-20(10-5-17)28-26(35)29-21-11-7-19(27)8-12-21/h4-14,23H,15H2,1-3H3,(H2,28,29,35). The smallest absolute Gasteiger partial charge is 0.240 e. The number of methoxy groups -OCH3 is 2. The molecule has 0 aromatic heterocycles. The lowest BCUT2D eigenvalue weighted by molar-refractivity contribution is -0.130. The zero-order valence-electron chi connectivity index (χ0n) is 19.5. The van der Waals surface area contributed by atoms with Gasteiger partial charge < -0.3 is 20.1 Å². The van der Waals surface area contributed by atoms with Crippen LogP contribution in [0.5, 0.6) is 11.5 Å². The first-order valence-electron chi connectivity index (χ1n) is 10.9. The van der Waals surface area contributed by atoms with Crippen molar-refractivity contribution in [1.29, 1.82) is 0 Å². The quantitative estimate of drug-likeness (QED) is 0.406. The van der Waals surface area contributed by atoms with Gasteiger partial charge in [0.2, 0.25) is 5.91 Å². The molecular formula is C26H25ClN4O3S. The lowest BCUT2D eigenvalue weighted by Crippen LogP contribution is -2.24. The number of amides is 1. The third-order valence-corrected chi connectivity index (χ3v) is 6.06. The maximum absolute atomic E-state index is 12.4. The van der Waals surface area contributed by atoms with Crippen LogP contribution in [0.15, 0.2) is 71.8 Å². The topological polar surface area (TPSA) is 75.2 Å². The largest absolute Gasteiger partial charge is 0.493 e. The van der Waals surface area contributed by atoms with Crippen LogP contribution in [0.25, 0.3) is 0 Å². The molecule has 0 fully saturated rings. The van der Waals surface area contributed by atoms with Crippen molar-refractivity contribution in [3.05, 3.63) is 82.9 Å². The van der Waals surface area contributed by atoms with Crippen LogP contribution in [0.2, 0.25) is 5.02 Å². The van der Waals surface area contributed by atoms with Gasteiger partial charge in [0, 0.05) is 35.3 Å². The van der Waals surface area contributed by atoms with E-state index in [1.807, 2.05) is 54.6 Å². The molecule has 3 aromatic carbocycles. The number of nitrogens with one attached hydrogen (secondary N) is 2. The summed E-state index contributed by atoms with van der Waals surface area (Å²) in [5, 5.41) is 13.6. The summed E-state index contributed by atoms with van der Waals surface area (Å²) in [6, 6.07) is 20.5. The van der Waals surface area contributed by atoms with E-state index >= 15 is 0 Å². The third-order valence-electron chi connectivity index (χ3n) is 5.61. The van der Waals surface area contributed by atoms with Crippen molar-refractivity contribution in [3.63, 3.8) is 0 Å². The predicted molar refractivity (Wildman–Crippen MR) is 144 cm³/mol. The number of hydrazone groups is 1. The highest BCUT2D eigenvalue weighted by Gasteiger charge is 2.31. The Hall–Kier alpha value is -3.62. The number of halogens is 1. The summed E-state index contributed by atoms with van der Waals surface area (Å²) in [4.78, 5) is 12.4. The highest BCUT2D eigenvalue weighted by molar-refractivity contribution is 7.80. The van der Waals surface area contributed by atoms with Crippen LogP contribution in [-0.2, 0) is 4.79 Å². The lowest BCUT2D eigenvalue weighted by Gasteiger charge is -2.21. The van der Waals surface area contributed by atoms with E-state index < -0.39 is 0 Å². The normalized spacial score (nSPS) is 14.8. The van der Waals surface area contributed by atoms with Crippen molar-refractivity contribution >= 4 is 51.9 Å². The summed E-state index contributed by atoms with van der Waals surface area (Å²) in [5.41, 5.74) is 4.33. The average molecular weight is 509 g/mol. The van der Waals surface area contributed by atoms with Gasteiger partial charge in [-0.2, -0.15) is 5.10 Å². The first-order chi connectivity index (χ1) is 16.9. The molecule has 9 heteroatoms. The minimum atomic E-state index is -0.205. The second-order valence-electron chi connectivity index (χ2n) is 7.91. The highest BCUT2D eigenvalue weighted by atomic mass is 35.5. The van der Waals surface area contributed by atoms with Crippen molar-refractivity contribution < 1.29 is 14.3 Å². The van der Waals surface area contributed by atoms with Gasteiger partial charge in [0.05, 0.1) is 26.0 Å². The van der Waals surface area contributed by atoms with Crippen LogP contribution in [0.1, 0.15) is 30.5 Å². The zero-order chi connectivity index (χ0) is 24.9. The van der Waals surface area contributed by atoms with Gasteiger partial charge in [-0.25, -0.2) is 5.01 Å². The molecule has 1 heterocycles. The van der Waals surface area contributed by atoms with E-state index in [0.29, 0.717) is 28.1 Å². The van der Waals surface area contributed by atoms with Gasteiger partial charge in [-0.1, -0.05) is 23.7 Å². The van der Waals surface area contributed by atoms with Gasteiger partial charge in [0.15, 0.2) is 16.6 Å². The number of carbonyl (C=O) groups is 1. The van der Waals surface area contributed by atoms with E-state index in [1.54, 1.807) is 26.4 Å². The number of thiocarbonyl (C=S) groups is 1. The Kier molecular flexibility index (Phi) is 7.53. The second-order valence-corrected chi connectivity index (χ2v) is 8.75. The van der Waals surface area contributed by atoms with Crippen LogP contribution < -0.4 is 20.1 Å². The van der Waals surface area contributed by atoms with Gasteiger partial charge in [-0.3, -0.25) is 4.79 Å². The van der Waals surface area contributed by atoms with E-state index in [1.165, 1.54) is 11.9 Å². The average Bonchev–Trinajstić information content (AvgIpc) is 3.31. The van der Waals surface area contributed by atoms with E-state index in [0.717, 1.165) is 28.2 Å². The Morgan fingerprint density at radius 1 is 0.971 bits per heavy atom. The second kappa shape index (κ2) is 10.8. The number of nitrogens with zero attached hydrogens (tertiary/aromatic N) is 2. The van der Waals surface area contributed by atoms with Gasteiger partial charge in [0.1, 0.15) is 0 Å². The Labute approximate surface area is 214 Å². The number of hydrogen-bond acceptors (Lipinski definition) is 5. The van der Waals surface area contributed by atoms with Crippen LogP contribution in [0, 0.1) is 0 Å². The third kappa shape index (κ3) is 5.72. The summed E-state index contributed by atoms with van der Waals surface area (Å²) in [6.45, 7) is 1.52. The van der Waals surface area contributed by atoms with Crippen molar-refractivity contribution in [2.75, 3.05) is 24.9 Å². The Morgan fingerprint density at radius 2 is 1.57 bits per heavy atom. The molecule has 180 valence electrons. The van der Waals surface area contributed by atoms with Gasteiger partial charge in [0.25, 0.3) is 0 Å². The summed E-state index contributed by atoms with van der Waals surface area (Å²) >= 11 is 11.3. The van der Waals surface area contributed by atoms with Gasteiger partial charge in [-0.15, -0.1) is 0 Å². The minimum Gasteiger partial charge on any atom is -0.493 e. The number of benzene rings is 3. The Balaban J connectivity index is 1.47. The number of carbonyl (C=O) groups excluding carboxylic acids is 1. The maximum Gasteiger partial charge on any atom is 0.240 e. The Morgan fingerprint density at radius 3 is 2.14 bits per heavy atom. The first-order valence-corrected chi connectivity index (χ1v) is 11.7. The molecule has 1 aliphatic rings. The summed E-state index contributed by atoms with van der Waals surface area (Å²) in [7, 11) is 3.19. The molecule has 1 unspecified atom stereocenters. The van der Waals surface area contributed by atoms with Gasteiger partial charge >= 0.3 is 0 Å². The van der Waals surface area contributed by atoms with Crippen molar-refractivity contribution in [3.8, 4) is 11.5 Å². The zero-order valence-corrected chi connectivity index (χ0v) is 21.1. The molecule has 0 saturated carbocycles. The fourth-order valence-electron chi connectivity index (χ4n) is 3.87. The number of ether oxygens (including phenoxy) is 2. The van der Waals surface area contributed by atoms with Crippen molar-refractivity contribution in [1.82, 2.24) is 5.01 Å². The summed E-state index contributed by atoms with van der Waals surface area (Å²) in [5.74, 6) is 1.13. The lowest BCUT2D eigenvalue weighted by atomic mass is 9.98. The first kappa shape index (κ1) is 24.5. The SMILES string of the molecule is COc1ccc(C2=NN(C(C)=O)C(c3ccc(NC(=S)Nc4ccc(Cl)cc4)cc3)C2)cc1OC. The fraction of sp³-hybridized carbons (Fsp3) is 0.192. The van der Waals surface area contributed by atoms with E-state index in [9.17, 15) is 4.79 Å². The molecule has 7 nitrogen and oxygen atoms in total. The molecule has 0 aliphatic carbocycles. The predicted octanol–water partition coefficient (Wildman–Crippen LogP) is 5.86. The van der Waals surface area contributed by atoms with Crippen LogP contribution in [-0.4, -0.2) is 36.0 Å². The molecule has 0 spiro atoms. The molecule has 35 heavy (non-hydrogen) atoms. The van der Waals surface area contributed by atoms with Gasteiger partial charge in [-0.05, 0) is 72.4 Å². The summed E-state index contributed by atoms with van der Waals surface area (Å²) in [6.07, 6.45) is 0.582. The van der Waals surface area contributed by atoms with Crippen LogP contribution >= 0.6 is 23.8 Å². The molecule has 0 bridgehead atoms. The van der Waals surface area contributed by atoms with Crippen molar-refractivity contribution in [2.45, 2.75) is 19.4 Å². The maximum atomic E-state index is 12.4. The fourth-order valence-corrected chi connectivity index (χ4v) is 4.23. The van der Waals surface area contributed by atoms with Crippen LogP contribution in [0.3, 0.4) is 0 Å². The molecular weight excluding hydrogens is 484 g/mol. The van der Waals surface area contributed by atoms with Crippen LogP contribution in [0.4, 0.5) is 11.4 Å². The molecule has 1 amide bonds. The monoisotopic (exact) mass is 508 g/mol. The number of rotatable bonds is 6. The summed E-state index contributed by atoms with van der Waals surface area (Å²) < 4.78 is 10.7. The minimum absolute atomic E-state index is 0.124. The van der Waals surface area contributed by atoms with E-state index in [-0.39, 0.29) is 11.9 Å². The highest BCUT2D eigenvalue weighted by Crippen LogP contribution is 2.35. The Bertz CT molecular complexity index is 1260. The number of anilines is 2.